The normalized spacial score (nSPS) is 27.4. The lowest BCUT2D eigenvalue weighted by atomic mass is 9.90. The molecule has 5 N–H and O–H groups in total. The first-order valence-corrected chi connectivity index (χ1v) is 13.4. The molecule has 0 saturated heterocycles. The number of nitrogens with one attached hydrogen (secondary N) is 1. The van der Waals surface area contributed by atoms with Crippen LogP contribution in [0.15, 0.2) is 60.0 Å². The van der Waals surface area contributed by atoms with Crippen LogP contribution in [-0.4, -0.2) is 48.8 Å². The van der Waals surface area contributed by atoms with E-state index in [1.807, 2.05) is 0 Å². The number of alkyl halides is 6. The van der Waals surface area contributed by atoms with Crippen molar-refractivity contribution in [3.05, 3.63) is 77.1 Å². The van der Waals surface area contributed by atoms with Crippen LogP contribution >= 0.6 is 11.8 Å². The van der Waals surface area contributed by atoms with Gasteiger partial charge in [-0.15, -0.1) is 0 Å². The molecular formula is C26H26F6N4O4S. The molecule has 3 aromatic rings. The number of aliphatic hydroxyl groups excluding tert-OH is 2. The maximum atomic E-state index is 12.8. The molecule has 7 unspecified atom stereocenters. The van der Waals surface area contributed by atoms with Gasteiger partial charge in [0.15, 0.2) is 17.7 Å². The zero-order valence-corrected chi connectivity index (χ0v) is 22.0. The number of H-pyrrole nitrogens is 1. The van der Waals surface area contributed by atoms with Crippen LogP contribution < -0.4 is 5.73 Å². The maximum Gasteiger partial charge on any atom is 0.416 e. The van der Waals surface area contributed by atoms with E-state index in [4.69, 9.17) is 15.2 Å². The number of fused-ring (bicyclic) bond motifs is 1. The Morgan fingerprint density at radius 3 is 1.95 bits per heavy atom. The van der Waals surface area contributed by atoms with Gasteiger partial charge in [0.2, 0.25) is 0 Å². The van der Waals surface area contributed by atoms with Gasteiger partial charge < -0.3 is 25.4 Å². The number of hydrogen-bond acceptors (Lipinski definition) is 8. The number of nitrogens with zero attached hydrogens (tertiary/aromatic N) is 2. The summed E-state index contributed by atoms with van der Waals surface area (Å²) in [7, 11) is 0. The van der Waals surface area contributed by atoms with E-state index in [-0.39, 0.29) is 30.8 Å². The molecule has 2 saturated carbocycles. The number of aromatic nitrogens is 3. The van der Waals surface area contributed by atoms with Crippen molar-refractivity contribution >= 4 is 11.8 Å². The fourth-order valence-electron chi connectivity index (χ4n) is 5.53. The van der Waals surface area contributed by atoms with Gasteiger partial charge in [-0.1, -0.05) is 36.0 Å². The van der Waals surface area contributed by atoms with Crippen LogP contribution in [0.1, 0.15) is 28.7 Å². The molecule has 1 aromatic heterocycles. The molecule has 15 heteroatoms. The van der Waals surface area contributed by atoms with Crippen LogP contribution in [0.4, 0.5) is 26.3 Å². The van der Waals surface area contributed by atoms with Crippen molar-refractivity contribution in [1.29, 1.82) is 0 Å². The SMILES string of the molecule is NC1(C(O)OCc2ccc(C(F)(F)F)cc2)CC(Sc2ncn[nH]2)C2C(C(O)OCc3ccc(C(F)(F)F)cc3)C21. The molecule has 222 valence electrons. The van der Waals surface area contributed by atoms with Gasteiger partial charge in [0.05, 0.1) is 29.9 Å². The van der Waals surface area contributed by atoms with Crippen LogP contribution in [0.25, 0.3) is 0 Å². The smallest absolute Gasteiger partial charge is 0.368 e. The molecule has 8 nitrogen and oxygen atoms in total. The number of thioether (sulfide) groups is 1. The molecule has 2 aliphatic carbocycles. The van der Waals surface area contributed by atoms with Crippen LogP contribution in [0.2, 0.25) is 0 Å². The topological polar surface area (TPSA) is 127 Å². The highest BCUT2D eigenvalue weighted by atomic mass is 32.2. The van der Waals surface area contributed by atoms with Gasteiger partial charge in [0.1, 0.15) is 6.33 Å². The minimum atomic E-state index is -4.48. The van der Waals surface area contributed by atoms with E-state index in [9.17, 15) is 36.6 Å². The van der Waals surface area contributed by atoms with E-state index >= 15 is 0 Å². The zero-order valence-electron chi connectivity index (χ0n) is 21.1. The highest BCUT2D eigenvalue weighted by molar-refractivity contribution is 7.99. The molecule has 2 aliphatic rings. The van der Waals surface area contributed by atoms with Crippen molar-refractivity contribution in [2.75, 3.05) is 0 Å². The predicted molar refractivity (Wildman–Crippen MR) is 133 cm³/mol. The summed E-state index contributed by atoms with van der Waals surface area (Å²) in [6.07, 6.45) is -10.2. The Bertz CT molecular complexity index is 1310. The first-order valence-electron chi connectivity index (χ1n) is 12.5. The van der Waals surface area contributed by atoms with Gasteiger partial charge >= 0.3 is 12.4 Å². The highest BCUT2D eigenvalue weighted by Gasteiger charge is 2.73. The molecule has 5 rings (SSSR count). The summed E-state index contributed by atoms with van der Waals surface area (Å²) < 4.78 is 88.2. The Kier molecular flexibility index (Phi) is 8.13. The molecule has 0 radical (unpaired) electrons. The highest BCUT2D eigenvalue weighted by Crippen LogP contribution is 2.67. The first-order chi connectivity index (χ1) is 19.3. The Labute approximate surface area is 234 Å². The van der Waals surface area contributed by atoms with Gasteiger partial charge in [-0.25, -0.2) is 4.98 Å². The average Bonchev–Trinajstić information content (AvgIpc) is 3.34. The number of halogens is 6. The largest absolute Gasteiger partial charge is 0.416 e. The molecule has 0 spiro atoms. The van der Waals surface area contributed by atoms with Gasteiger partial charge in [0.25, 0.3) is 0 Å². The zero-order chi connectivity index (χ0) is 29.6. The lowest BCUT2D eigenvalue weighted by Gasteiger charge is -2.34. The summed E-state index contributed by atoms with van der Waals surface area (Å²) in [6.45, 7) is -0.354. The second-order valence-electron chi connectivity index (χ2n) is 10.2. The average molecular weight is 605 g/mol. The quantitative estimate of drug-likeness (QED) is 0.199. The van der Waals surface area contributed by atoms with Crippen molar-refractivity contribution in [3.63, 3.8) is 0 Å². The van der Waals surface area contributed by atoms with E-state index < -0.39 is 53.4 Å². The number of aromatic amines is 1. The number of rotatable bonds is 10. The standard InChI is InChI=1S/C26H26F6N4O4S/c27-25(28,29)15-5-1-13(2-6-15)10-39-21(37)19-18-17(41-23-34-12-35-36-23)9-24(33,20(18)19)22(38)40-11-14-3-7-16(8-4-14)26(30,31)32/h1-8,12,17-22,37-38H,9-11,33H2,(H,34,35,36). The van der Waals surface area contributed by atoms with E-state index in [1.165, 1.54) is 42.4 Å². The minimum absolute atomic E-state index is 0.153. The summed E-state index contributed by atoms with van der Waals surface area (Å²) in [5, 5.41) is 28.7. The maximum absolute atomic E-state index is 12.8. The van der Waals surface area contributed by atoms with Crippen molar-refractivity contribution in [1.82, 2.24) is 15.2 Å². The van der Waals surface area contributed by atoms with Crippen molar-refractivity contribution in [2.45, 2.75) is 60.5 Å². The van der Waals surface area contributed by atoms with Crippen LogP contribution in [0.5, 0.6) is 0 Å². The Morgan fingerprint density at radius 1 is 0.927 bits per heavy atom. The number of benzene rings is 2. The molecule has 0 amide bonds. The molecule has 0 bridgehead atoms. The summed E-state index contributed by atoms with van der Waals surface area (Å²) >= 11 is 1.33. The Balaban J connectivity index is 1.25. The molecule has 2 fully saturated rings. The van der Waals surface area contributed by atoms with E-state index in [1.54, 1.807) is 0 Å². The lowest BCUT2D eigenvalue weighted by molar-refractivity contribution is -0.167. The third-order valence-corrected chi connectivity index (χ3v) is 8.78. The monoisotopic (exact) mass is 604 g/mol. The van der Waals surface area contributed by atoms with Crippen molar-refractivity contribution < 1.29 is 46.0 Å². The fraction of sp³-hybridized carbons (Fsp3) is 0.462. The lowest BCUT2D eigenvalue weighted by Crippen LogP contribution is -2.54. The van der Waals surface area contributed by atoms with Gasteiger partial charge in [-0.05, 0) is 53.6 Å². The second kappa shape index (κ2) is 11.2. The molecule has 1 heterocycles. The van der Waals surface area contributed by atoms with Crippen molar-refractivity contribution in [2.24, 2.45) is 23.5 Å². The Morgan fingerprint density at radius 2 is 1.46 bits per heavy atom. The van der Waals surface area contributed by atoms with Crippen LogP contribution in [-0.2, 0) is 35.0 Å². The third-order valence-electron chi connectivity index (χ3n) is 7.57. The van der Waals surface area contributed by atoms with Crippen LogP contribution in [0.3, 0.4) is 0 Å². The number of ether oxygens (including phenoxy) is 2. The summed E-state index contributed by atoms with van der Waals surface area (Å²) in [4.78, 5) is 4.10. The molecule has 2 aromatic carbocycles. The fourth-order valence-corrected chi connectivity index (χ4v) is 6.91. The Hall–Kier alpha value is -2.69. The van der Waals surface area contributed by atoms with Gasteiger partial charge in [0, 0.05) is 11.2 Å². The van der Waals surface area contributed by atoms with Gasteiger partial charge in [-0.2, -0.15) is 31.4 Å². The summed E-state index contributed by atoms with van der Waals surface area (Å²) in [5.41, 5.74) is 4.56. The molecule has 0 aliphatic heterocycles. The van der Waals surface area contributed by atoms with Crippen molar-refractivity contribution in [3.8, 4) is 0 Å². The summed E-state index contributed by atoms with van der Waals surface area (Å²) in [5.74, 6) is -1.19. The number of hydrogen-bond donors (Lipinski definition) is 4. The second-order valence-corrected chi connectivity index (χ2v) is 11.4. The first kappa shape index (κ1) is 29.8. The number of aliphatic hydroxyl groups is 2. The third kappa shape index (κ3) is 6.39. The van der Waals surface area contributed by atoms with E-state index in [0.717, 1.165) is 24.3 Å². The van der Waals surface area contributed by atoms with E-state index in [2.05, 4.69) is 15.2 Å². The predicted octanol–water partition coefficient (Wildman–Crippen LogP) is 4.34. The van der Waals surface area contributed by atoms with Gasteiger partial charge in [-0.3, -0.25) is 5.10 Å². The van der Waals surface area contributed by atoms with Crippen LogP contribution in [0, 0.1) is 17.8 Å². The molecule has 7 atom stereocenters. The summed E-state index contributed by atoms with van der Waals surface area (Å²) in [6, 6.07) is 8.71. The molecular weight excluding hydrogens is 578 g/mol. The molecule has 41 heavy (non-hydrogen) atoms. The number of nitrogens with two attached hydrogens (primary N) is 1. The van der Waals surface area contributed by atoms with E-state index in [0.29, 0.717) is 16.3 Å². The minimum Gasteiger partial charge on any atom is -0.368 e.